The molecule has 3 heterocycles. The van der Waals surface area contributed by atoms with Gasteiger partial charge in [0.25, 0.3) is 5.56 Å². The molecular weight excluding hydrogens is 286 g/mol. The molecule has 0 amide bonds. The minimum atomic E-state index is -0.400. The molecule has 0 spiro atoms. The van der Waals surface area contributed by atoms with E-state index < -0.39 is 5.56 Å². The normalized spacial score (nSPS) is 21.7. The Morgan fingerprint density at radius 2 is 2.14 bits per heavy atom. The molecule has 2 atom stereocenters. The summed E-state index contributed by atoms with van der Waals surface area (Å²) in [6.07, 6.45) is 3.42. The third kappa shape index (κ3) is 2.23. The molecule has 2 aromatic heterocycles. The number of nitrogens with one attached hydrogen (secondary N) is 1. The molecule has 8 heteroatoms. The monoisotopic (exact) mass is 307 g/mol. The fraction of sp³-hybridized carbons (Fsp3) is 0.643. The zero-order chi connectivity index (χ0) is 15.9. The summed E-state index contributed by atoms with van der Waals surface area (Å²) in [5, 5.41) is 0. The molecule has 8 nitrogen and oxygen atoms in total. The number of imidazole rings is 1. The van der Waals surface area contributed by atoms with Crippen molar-refractivity contribution in [2.45, 2.75) is 58.4 Å². The second-order valence-electron chi connectivity index (χ2n) is 5.60. The number of ether oxygens (including phenoxy) is 1. The highest BCUT2D eigenvalue weighted by molar-refractivity contribution is 5.71. The maximum absolute atomic E-state index is 12.6. The molecular formula is C14H21N5O3. The molecule has 1 saturated heterocycles. The molecule has 1 fully saturated rings. The Bertz CT molecular complexity index is 803. The standard InChI is InChI=1S/C14H21N5O3/c1-3-5-8-6-7-9(22-8)19-11-10(18(4-2)14(19)21)12(20)17-13(15)16-11/h8-9H,3-7H2,1-2H3,(H3,15,16,17,20). The van der Waals surface area contributed by atoms with Crippen LogP contribution in [0, 0.1) is 0 Å². The van der Waals surface area contributed by atoms with E-state index in [1.807, 2.05) is 6.92 Å². The van der Waals surface area contributed by atoms with Crippen LogP contribution < -0.4 is 17.0 Å². The third-order valence-corrected chi connectivity index (χ3v) is 4.13. The molecule has 1 aliphatic heterocycles. The highest BCUT2D eigenvalue weighted by Crippen LogP contribution is 2.31. The Hall–Kier alpha value is -2.09. The van der Waals surface area contributed by atoms with Crippen LogP contribution in [0.3, 0.4) is 0 Å². The van der Waals surface area contributed by atoms with Gasteiger partial charge in [-0.3, -0.25) is 14.3 Å². The van der Waals surface area contributed by atoms with Crippen LogP contribution in [-0.4, -0.2) is 25.2 Å². The highest BCUT2D eigenvalue weighted by atomic mass is 16.5. The van der Waals surface area contributed by atoms with Gasteiger partial charge in [0.05, 0.1) is 6.10 Å². The van der Waals surface area contributed by atoms with Gasteiger partial charge in [-0.25, -0.2) is 9.36 Å². The lowest BCUT2D eigenvalue weighted by Crippen LogP contribution is -2.28. The van der Waals surface area contributed by atoms with Crippen molar-refractivity contribution < 1.29 is 4.74 Å². The zero-order valence-corrected chi connectivity index (χ0v) is 12.8. The van der Waals surface area contributed by atoms with Crippen molar-refractivity contribution in [3.05, 3.63) is 20.8 Å². The first-order valence-corrected chi connectivity index (χ1v) is 7.72. The van der Waals surface area contributed by atoms with Crippen LogP contribution in [0.15, 0.2) is 9.59 Å². The van der Waals surface area contributed by atoms with Gasteiger partial charge >= 0.3 is 5.69 Å². The van der Waals surface area contributed by atoms with Crippen LogP contribution in [0.2, 0.25) is 0 Å². The number of H-pyrrole nitrogens is 1. The molecule has 0 bridgehead atoms. The minimum absolute atomic E-state index is 0.00241. The van der Waals surface area contributed by atoms with Crippen molar-refractivity contribution in [1.29, 1.82) is 0 Å². The van der Waals surface area contributed by atoms with Gasteiger partial charge in [-0.15, -0.1) is 0 Å². The van der Waals surface area contributed by atoms with Gasteiger partial charge < -0.3 is 10.5 Å². The van der Waals surface area contributed by atoms with Crippen molar-refractivity contribution >= 4 is 17.1 Å². The molecule has 0 aromatic carbocycles. The average molecular weight is 307 g/mol. The lowest BCUT2D eigenvalue weighted by Gasteiger charge is -2.14. The Balaban J connectivity index is 2.16. The molecule has 120 valence electrons. The maximum atomic E-state index is 12.6. The summed E-state index contributed by atoms with van der Waals surface area (Å²) in [6, 6.07) is 0. The number of aromatic nitrogens is 4. The zero-order valence-electron chi connectivity index (χ0n) is 12.8. The fourth-order valence-electron chi connectivity index (χ4n) is 3.16. The molecule has 0 radical (unpaired) electrons. The topological polar surface area (TPSA) is 108 Å². The summed E-state index contributed by atoms with van der Waals surface area (Å²) in [4.78, 5) is 31.4. The van der Waals surface area contributed by atoms with Gasteiger partial charge in [-0.05, 0) is 26.2 Å². The fourth-order valence-corrected chi connectivity index (χ4v) is 3.16. The quantitative estimate of drug-likeness (QED) is 0.875. The van der Waals surface area contributed by atoms with Crippen LogP contribution in [0.1, 0.15) is 45.8 Å². The highest BCUT2D eigenvalue weighted by Gasteiger charge is 2.30. The first kappa shape index (κ1) is 14.8. The van der Waals surface area contributed by atoms with Crippen LogP contribution in [-0.2, 0) is 11.3 Å². The van der Waals surface area contributed by atoms with E-state index >= 15 is 0 Å². The van der Waals surface area contributed by atoms with Gasteiger partial charge in [-0.1, -0.05) is 13.3 Å². The van der Waals surface area contributed by atoms with Crippen molar-refractivity contribution in [3.8, 4) is 0 Å². The van der Waals surface area contributed by atoms with Crippen LogP contribution in [0.5, 0.6) is 0 Å². The number of nitrogens with two attached hydrogens (primary N) is 1. The number of hydrogen-bond donors (Lipinski definition) is 2. The molecule has 22 heavy (non-hydrogen) atoms. The van der Waals surface area contributed by atoms with E-state index in [0.29, 0.717) is 12.2 Å². The van der Waals surface area contributed by atoms with E-state index in [2.05, 4.69) is 16.9 Å². The molecule has 0 saturated carbocycles. The molecule has 3 rings (SSSR count). The van der Waals surface area contributed by atoms with E-state index in [0.717, 1.165) is 25.7 Å². The molecule has 2 unspecified atom stereocenters. The predicted octanol–water partition coefficient (Wildman–Crippen LogP) is 0.966. The SMILES string of the molecule is CCCC1CCC(n2c(=O)n(CC)c3c(=O)[nH]c(N)nc32)O1. The summed E-state index contributed by atoms with van der Waals surface area (Å²) in [5.41, 5.74) is 5.52. The van der Waals surface area contributed by atoms with Gasteiger partial charge in [-0.2, -0.15) is 4.98 Å². The lowest BCUT2D eigenvalue weighted by atomic mass is 10.1. The minimum Gasteiger partial charge on any atom is -0.369 e. The number of anilines is 1. The van der Waals surface area contributed by atoms with E-state index in [9.17, 15) is 9.59 Å². The van der Waals surface area contributed by atoms with Crippen LogP contribution in [0.4, 0.5) is 5.95 Å². The Labute approximate surface area is 126 Å². The van der Waals surface area contributed by atoms with Crippen molar-refractivity contribution in [3.63, 3.8) is 0 Å². The van der Waals surface area contributed by atoms with E-state index in [1.54, 1.807) is 0 Å². The van der Waals surface area contributed by atoms with Gasteiger partial charge in [0.15, 0.2) is 11.2 Å². The van der Waals surface area contributed by atoms with E-state index in [4.69, 9.17) is 10.5 Å². The summed E-state index contributed by atoms with van der Waals surface area (Å²) < 4.78 is 8.86. The van der Waals surface area contributed by atoms with Gasteiger partial charge in [0.1, 0.15) is 6.23 Å². The van der Waals surface area contributed by atoms with Crippen molar-refractivity contribution in [1.82, 2.24) is 19.1 Å². The summed E-state index contributed by atoms with van der Waals surface area (Å²) in [5.74, 6) is 0.00241. The van der Waals surface area contributed by atoms with Gasteiger partial charge in [0, 0.05) is 6.54 Å². The first-order chi connectivity index (χ1) is 10.6. The smallest absolute Gasteiger partial charge is 0.332 e. The maximum Gasteiger partial charge on any atom is 0.332 e. The molecule has 3 N–H and O–H groups in total. The molecule has 2 aromatic rings. The second-order valence-corrected chi connectivity index (χ2v) is 5.60. The third-order valence-electron chi connectivity index (χ3n) is 4.13. The molecule has 0 aliphatic carbocycles. The molecule has 1 aliphatic rings. The number of aromatic amines is 1. The number of nitrogens with zero attached hydrogens (tertiary/aromatic N) is 3. The second kappa shape index (κ2) is 5.60. The lowest BCUT2D eigenvalue weighted by molar-refractivity contribution is -0.00164. The average Bonchev–Trinajstić information content (AvgIpc) is 3.01. The summed E-state index contributed by atoms with van der Waals surface area (Å²) in [7, 11) is 0. The number of rotatable bonds is 4. The summed E-state index contributed by atoms with van der Waals surface area (Å²) >= 11 is 0. The first-order valence-electron chi connectivity index (χ1n) is 7.72. The largest absolute Gasteiger partial charge is 0.369 e. The van der Waals surface area contributed by atoms with Crippen molar-refractivity contribution in [2.75, 3.05) is 5.73 Å². The van der Waals surface area contributed by atoms with E-state index in [-0.39, 0.29) is 29.5 Å². The number of fused-ring (bicyclic) bond motifs is 1. The summed E-state index contributed by atoms with van der Waals surface area (Å²) in [6.45, 7) is 4.31. The number of hydrogen-bond acceptors (Lipinski definition) is 5. The Morgan fingerprint density at radius 1 is 1.36 bits per heavy atom. The Morgan fingerprint density at radius 3 is 2.82 bits per heavy atom. The number of nitrogen functional groups attached to an aromatic ring is 1. The van der Waals surface area contributed by atoms with Gasteiger partial charge in [0.2, 0.25) is 5.95 Å². The van der Waals surface area contributed by atoms with E-state index in [1.165, 1.54) is 9.13 Å². The Kier molecular flexibility index (Phi) is 3.78. The van der Waals surface area contributed by atoms with Crippen LogP contribution >= 0.6 is 0 Å². The number of aryl methyl sites for hydroxylation is 1. The predicted molar refractivity (Wildman–Crippen MR) is 82.8 cm³/mol. The van der Waals surface area contributed by atoms with Crippen LogP contribution in [0.25, 0.3) is 11.2 Å². The van der Waals surface area contributed by atoms with Crippen molar-refractivity contribution in [2.24, 2.45) is 0 Å².